The highest BCUT2D eigenvalue weighted by molar-refractivity contribution is 7.13. The van der Waals surface area contributed by atoms with Crippen molar-refractivity contribution in [3.05, 3.63) is 99.1 Å². The molecule has 162 valence electrons. The highest BCUT2D eigenvalue weighted by Crippen LogP contribution is 2.25. The van der Waals surface area contributed by atoms with Crippen LogP contribution in [-0.2, 0) is 0 Å². The number of allylic oxidation sites excluding steroid dienone is 1. The Hall–Kier alpha value is -2.38. The fraction of sp³-hybridized carbons (Fsp3) is 0.333. The van der Waals surface area contributed by atoms with Crippen molar-refractivity contribution >= 4 is 23.6 Å². The second kappa shape index (κ2) is 8.63. The number of hydrogen-bond acceptors (Lipinski definition) is 0. The number of hydrogen-bond donors (Lipinski definition) is 0. The Kier molecular flexibility index (Phi) is 6.48. The van der Waals surface area contributed by atoms with E-state index in [1.165, 1.54) is 50.1 Å². The van der Waals surface area contributed by atoms with Crippen molar-refractivity contribution in [3.63, 3.8) is 0 Å². The van der Waals surface area contributed by atoms with Gasteiger partial charge >= 0.3 is 0 Å². The van der Waals surface area contributed by atoms with Gasteiger partial charge in [-0.2, -0.15) is 0 Å². The highest BCUT2D eigenvalue weighted by Gasteiger charge is 2.44. The van der Waals surface area contributed by atoms with Crippen LogP contribution < -0.4 is 15.6 Å². The number of rotatable bonds is 5. The summed E-state index contributed by atoms with van der Waals surface area (Å²) >= 11 is 0. The van der Waals surface area contributed by atoms with Gasteiger partial charge in [0, 0.05) is 0 Å². The molecule has 3 aromatic rings. The van der Waals surface area contributed by atoms with Gasteiger partial charge in [0.25, 0.3) is 0 Å². The molecule has 3 aromatic carbocycles. The highest BCUT2D eigenvalue weighted by atomic mass is 28.3. The third kappa shape index (κ3) is 3.96. The second-order valence-corrected chi connectivity index (χ2v) is 13.4. The first kappa shape index (κ1) is 23.3. The van der Waals surface area contributed by atoms with Gasteiger partial charge in [-0.25, -0.2) is 0 Å². The van der Waals surface area contributed by atoms with Crippen molar-refractivity contribution in [3.8, 4) is 0 Å². The van der Waals surface area contributed by atoms with Crippen LogP contribution in [0.3, 0.4) is 0 Å². The Labute approximate surface area is 191 Å². The van der Waals surface area contributed by atoms with E-state index in [2.05, 4.69) is 111 Å². The molecule has 0 atom stereocenters. The largest absolute Gasteiger partial charge is 0.153 e. The molecule has 31 heavy (non-hydrogen) atoms. The van der Waals surface area contributed by atoms with Crippen molar-refractivity contribution in [1.29, 1.82) is 0 Å². The summed E-state index contributed by atoms with van der Waals surface area (Å²) in [5.74, 6) is 0. The molecule has 0 nitrogen and oxygen atoms in total. The fourth-order valence-corrected chi connectivity index (χ4v) is 12.7. The van der Waals surface area contributed by atoms with Crippen LogP contribution in [0.1, 0.15) is 50.1 Å². The van der Waals surface area contributed by atoms with Crippen LogP contribution in [0, 0.1) is 62.3 Å². The van der Waals surface area contributed by atoms with Crippen molar-refractivity contribution in [2.75, 3.05) is 0 Å². The molecule has 0 saturated carbocycles. The molecule has 0 fully saturated rings. The summed E-state index contributed by atoms with van der Waals surface area (Å²) in [6.07, 6.45) is 2.18. The van der Waals surface area contributed by atoms with Crippen molar-refractivity contribution in [2.45, 2.75) is 68.4 Å². The van der Waals surface area contributed by atoms with Crippen LogP contribution in [0.4, 0.5) is 0 Å². The molecule has 0 heterocycles. The SMILES string of the molecule is C=CC[Si](c1c(C)cc(C)cc1C)(c1c(C)cc(C)cc1C)c1c(C)cc(C)cc1C. The van der Waals surface area contributed by atoms with E-state index in [0.29, 0.717) is 0 Å². The van der Waals surface area contributed by atoms with E-state index in [1.54, 1.807) is 15.6 Å². The van der Waals surface area contributed by atoms with Crippen molar-refractivity contribution in [1.82, 2.24) is 0 Å². The van der Waals surface area contributed by atoms with Gasteiger partial charge in [0.1, 0.15) is 0 Å². The summed E-state index contributed by atoms with van der Waals surface area (Å²) in [6.45, 7) is 24.8. The van der Waals surface area contributed by atoms with Crippen molar-refractivity contribution in [2.24, 2.45) is 0 Å². The first-order valence-corrected chi connectivity index (χ1v) is 13.6. The smallest absolute Gasteiger partial charge is 0.103 e. The van der Waals surface area contributed by atoms with Gasteiger partial charge in [-0.3, -0.25) is 0 Å². The van der Waals surface area contributed by atoms with E-state index >= 15 is 0 Å². The Morgan fingerprint density at radius 2 is 0.742 bits per heavy atom. The average molecular weight is 427 g/mol. The molecule has 0 unspecified atom stereocenters. The molecule has 0 saturated heterocycles. The molecule has 0 aliphatic heterocycles. The summed E-state index contributed by atoms with van der Waals surface area (Å²) in [4.78, 5) is 0. The van der Waals surface area contributed by atoms with E-state index in [0.717, 1.165) is 6.04 Å². The summed E-state index contributed by atoms with van der Waals surface area (Å²) in [5.41, 5.74) is 12.6. The monoisotopic (exact) mass is 426 g/mol. The summed E-state index contributed by atoms with van der Waals surface area (Å²) in [6, 6.07) is 15.3. The average Bonchev–Trinajstić information content (AvgIpc) is 2.58. The standard InChI is InChI=1S/C30H38Si/c1-11-12-31(28-22(5)13-19(2)14-23(28)6,29-24(7)15-20(3)16-25(29)8)30-26(9)17-21(4)18-27(30)10/h11,13-18H,1,12H2,2-10H3. The molecular formula is C30H38Si. The zero-order valence-electron chi connectivity index (χ0n) is 21.0. The summed E-state index contributed by atoms with van der Waals surface area (Å²) < 4.78 is 0. The van der Waals surface area contributed by atoms with Gasteiger partial charge in [0.05, 0.1) is 0 Å². The lowest BCUT2D eigenvalue weighted by molar-refractivity contribution is 1.30. The Morgan fingerprint density at radius 3 is 0.935 bits per heavy atom. The van der Waals surface area contributed by atoms with E-state index in [1.807, 2.05) is 0 Å². The minimum atomic E-state index is -2.38. The molecule has 0 spiro atoms. The maximum atomic E-state index is 4.29. The lowest BCUT2D eigenvalue weighted by Crippen LogP contribution is -2.70. The predicted octanol–water partition coefficient (Wildman–Crippen LogP) is 6.12. The molecule has 3 rings (SSSR count). The third-order valence-corrected chi connectivity index (χ3v) is 12.6. The van der Waals surface area contributed by atoms with Crippen LogP contribution in [-0.4, -0.2) is 8.07 Å². The van der Waals surface area contributed by atoms with Gasteiger partial charge in [-0.1, -0.05) is 92.5 Å². The maximum Gasteiger partial charge on any atom is 0.153 e. The minimum absolute atomic E-state index is 1.01. The second-order valence-electron chi connectivity index (χ2n) is 9.72. The molecule has 0 N–H and O–H groups in total. The van der Waals surface area contributed by atoms with Gasteiger partial charge in [0.2, 0.25) is 0 Å². The Bertz CT molecular complexity index is 955. The van der Waals surface area contributed by atoms with E-state index in [4.69, 9.17) is 0 Å². The minimum Gasteiger partial charge on any atom is -0.103 e. The van der Waals surface area contributed by atoms with Gasteiger partial charge in [0.15, 0.2) is 8.07 Å². The van der Waals surface area contributed by atoms with E-state index < -0.39 is 8.07 Å². The van der Waals surface area contributed by atoms with Crippen LogP contribution in [0.15, 0.2) is 49.1 Å². The summed E-state index contributed by atoms with van der Waals surface area (Å²) in [7, 11) is -2.38. The predicted molar refractivity (Wildman–Crippen MR) is 142 cm³/mol. The third-order valence-electron chi connectivity index (χ3n) is 6.76. The molecule has 0 aliphatic carbocycles. The number of aryl methyl sites for hydroxylation is 9. The quantitative estimate of drug-likeness (QED) is 0.262. The molecule has 0 amide bonds. The first-order valence-electron chi connectivity index (χ1n) is 11.4. The van der Waals surface area contributed by atoms with Crippen molar-refractivity contribution < 1.29 is 0 Å². The van der Waals surface area contributed by atoms with Crippen LogP contribution in [0.25, 0.3) is 0 Å². The Balaban J connectivity index is 2.65. The normalized spacial score (nSPS) is 11.6. The van der Waals surface area contributed by atoms with E-state index in [9.17, 15) is 0 Å². The molecular weight excluding hydrogens is 388 g/mol. The summed E-state index contributed by atoms with van der Waals surface area (Å²) in [5, 5.41) is 4.72. The van der Waals surface area contributed by atoms with Gasteiger partial charge in [-0.15, -0.1) is 6.58 Å². The molecule has 0 aromatic heterocycles. The maximum absolute atomic E-state index is 4.29. The van der Waals surface area contributed by atoms with E-state index in [-0.39, 0.29) is 0 Å². The Morgan fingerprint density at radius 1 is 0.516 bits per heavy atom. The lowest BCUT2D eigenvalue weighted by Gasteiger charge is -2.40. The molecule has 0 radical (unpaired) electrons. The molecule has 1 heteroatoms. The molecule has 0 bridgehead atoms. The van der Waals surface area contributed by atoms with Gasteiger partial charge in [-0.05, 0) is 83.9 Å². The molecule has 0 aliphatic rings. The first-order chi connectivity index (χ1) is 14.5. The van der Waals surface area contributed by atoms with Gasteiger partial charge < -0.3 is 0 Å². The zero-order valence-corrected chi connectivity index (χ0v) is 22.0. The number of benzene rings is 3. The lowest BCUT2D eigenvalue weighted by atomic mass is 10.1. The van der Waals surface area contributed by atoms with Crippen LogP contribution in [0.2, 0.25) is 6.04 Å². The fourth-order valence-electron chi connectivity index (χ4n) is 6.46. The van der Waals surface area contributed by atoms with Crippen LogP contribution >= 0.6 is 0 Å². The zero-order chi connectivity index (χ0) is 23.1. The topological polar surface area (TPSA) is 0 Å². The van der Waals surface area contributed by atoms with Crippen LogP contribution in [0.5, 0.6) is 0 Å².